The summed E-state index contributed by atoms with van der Waals surface area (Å²) in [6.45, 7) is -0.716. The molecule has 1 aromatic rings. The quantitative estimate of drug-likeness (QED) is 0.772. The highest BCUT2D eigenvalue weighted by Gasteiger charge is 2.38. The third-order valence-corrected chi connectivity index (χ3v) is 1.56. The molecule has 1 rings (SSSR count). The normalized spacial score (nSPS) is 13.6. The maximum Gasteiger partial charge on any atom is 0.416 e. The monoisotopic (exact) mass is 205 g/mol. The van der Waals surface area contributed by atoms with Crippen molar-refractivity contribution < 1.29 is 18.3 Å². The second kappa shape index (κ2) is 3.67. The number of aliphatic hydroxyl groups is 1. The number of hydrogen-bond acceptors (Lipinski definition) is 3. The Hall–Kier alpha value is -1.55. The molecule has 0 saturated heterocycles. The number of aliphatic hydroxyl groups excluding tert-OH is 1. The van der Waals surface area contributed by atoms with Crippen molar-refractivity contribution in [2.45, 2.75) is 18.8 Å². The highest BCUT2D eigenvalue weighted by atomic mass is 19.4. The van der Waals surface area contributed by atoms with Gasteiger partial charge in [-0.2, -0.15) is 18.4 Å². The van der Waals surface area contributed by atoms with Crippen LogP contribution in [0.15, 0.2) is 12.4 Å². The fraction of sp³-hybridized carbons (Fsp3) is 0.429. The van der Waals surface area contributed by atoms with Crippen LogP contribution in [0.5, 0.6) is 0 Å². The van der Waals surface area contributed by atoms with Gasteiger partial charge in [-0.05, 0) is 0 Å². The van der Waals surface area contributed by atoms with E-state index in [9.17, 15) is 13.2 Å². The van der Waals surface area contributed by atoms with E-state index in [1.807, 2.05) is 0 Å². The van der Waals surface area contributed by atoms with Gasteiger partial charge in [0.25, 0.3) is 0 Å². The van der Waals surface area contributed by atoms with E-state index in [0.717, 1.165) is 4.57 Å². The van der Waals surface area contributed by atoms with Gasteiger partial charge < -0.3 is 9.67 Å². The molecule has 0 saturated carbocycles. The van der Waals surface area contributed by atoms with Crippen molar-refractivity contribution in [1.29, 1.82) is 5.26 Å². The SMILES string of the molecule is N#Cc1nccn1CC(O)C(F)(F)F. The molecule has 0 aliphatic rings. The second-order valence-electron chi connectivity index (χ2n) is 2.57. The van der Waals surface area contributed by atoms with E-state index in [0.29, 0.717) is 0 Å². The predicted molar refractivity (Wildman–Crippen MR) is 39.0 cm³/mol. The van der Waals surface area contributed by atoms with Crippen LogP contribution in [-0.2, 0) is 6.54 Å². The Morgan fingerprint density at radius 3 is 2.79 bits per heavy atom. The molecule has 0 radical (unpaired) electrons. The van der Waals surface area contributed by atoms with Crippen molar-refractivity contribution in [3.8, 4) is 6.07 Å². The van der Waals surface area contributed by atoms with Gasteiger partial charge in [-0.3, -0.25) is 0 Å². The van der Waals surface area contributed by atoms with E-state index in [4.69, 9.17) is 10.4 Å². The molecule has 1 atom stereocenters. The zero-order valence-corrected chi connectivity index (χ0v) is 6.86. The summed E-state index contributed by atoms with van der Waals surface area (Å²) in [6, 6.07) is 1.61. The lowest BCUT2D eigenvalue weighted by molar-refractivity contribution is -0.207. The minimum absolute atomic E-state index is 0.159. The van der Waals surface area contributed by atoms with Crippen molar-refractivity contribution in [1.82, 2.24) is 9.55 Å². The van der Waals surface area contributed by atoms with Crippen LogP contribution in [0.2, 0.25) is 0 Å². The van der Waals surface area contributed by atoms with E-state index in [1.54, 1.807) is 6.07 Å². The number of nitrogens with zero attached hydrogens (tertiary/aromatic N) is 3. The predicted octanol–water partition coefficient (Wildman–Crippen LogP) is 0.678. The Morgan fingerprint density at radius 2 is 2.29 bits per heavy atom. The van der Waals surface area contributed by atoms with Gasteiger partial charge in [-0.25, -0.2) is 4.98 Å². The number of hydrogen-bond donors (Lipinski definition) is 1. The van der Waals surface area contributed by atoms with Crippen LogP contribution in [-0.4, -0.2) is 26.9 Å². The molecule has 0 aromatic carbocycles. The van der Waals surface area contributed by atoms with Crippen molar-refractivity contribution in [3.63, 3.8) is 0 Å². The molecule has 76 valence electrons. The number of imidazole rings is 1. The maximum atomic E-state index is 11.9. The standard InChI is InChI=1S/C7H6F3N3O/c8-7(9,10)5(14)4-13-2-1-12-6(13)3-11/h1-2,5,14H,4H2. The van der Waals surface area contributed by atoms with Crippen LogP contribution in [0.25, 0.3) is 0 Å². The molecule has 1 aromatic heterocycles. The first-order chi connectivity index (χ1) is 6.45. The average Bonchev–Trinajstić information content (AvgIpc) is 2.50. The van der Waals surface area contributed by atoms with Crippen molar-refractivity contribution in [3.05, 3.63) is 18.2 Å². The third-order valence-electron chi connectivity index (χ3n) is 1.56. The average molecular weight is 205 g/mol. The lowest BCUT2D eigenvalue weighted by Gasteiger charge is -2.14. The first-order valence-corrected chi connectivity index (χ1v) is 3.61. The van der Waals surface area contributed by atoms with Gasteiger partial charge in [-0.1, -0.05) is 0 Å². The summed E-state index contributed by atoms with van der Waals surface area (Å²) in [4.78, 5) is 3.49. The smallest absolute Gasteiger partial charge is 0.382 e. The van der Waals surface area contributed by atoms with E-state index >= 15 is 0 Å². The van der Waals surface area contributed by atoms with Crippen LogP contribution < -0.4 is 0 Å². The van der Waals surface area contributed by atoms with Crippen molar-refractivity contribution >= 4 is 0 Å². The van der Waals surface area contributed by atoms with Crippen LogP contribution in [0, 0.1) is 11.3 Å². The summed E-state index contributed by atoms with van der Waals surface area (Å²) in [5.74, 6) is -0.159. The number of halogens is 3. The van der Waals surface area contributed by atoms with Gasteiger partial charge in [0.15, 0.2) is 6.10 Å². The fourth-order valence-electron chi connectivity index (χ4n) is 0.859. The van der Waals surface area contributed by atoms with Crippen molar-refractivity contribution in [2.24, 2.45) is 0 Å². The highest BCUT2D eigenvalue weighted by molar-refractivity contribution is 5.11. The molecule has 1 N–H and O–H groups in total. The van der Waals surface area contributed by atoms with Gasteiger partial charge >= 0.3 is 6.18 Å². The lowest BCUT2D eigenvalue weighted by Crippen LogP contribution is -2.32. The number of alkyl halides is 3. The van der Waals surface area contributed by atoms with E-state index in [1.165, 1.54) is 12.4 Å². The maximum absolute atomic E-state index is 11.9. The minimum Gasteiger partial charge on any atom is -0.382 e. The molecule has 0 spiro atoms. The Morgan fingerprint density at radius 1 is 1.64 bits per heavy atom. The molecule has 4 nitrogen and oxygen atoms in total. The molecule has 1 unspecified atom stereocenters. The minimum atomic E-state index is -4.68. The third kappa shape index (κ3) is 2.23. The van der Waals surface area contributed by atoms with Crippen LogP contribution in [0.3, 0.4) is 0 Å². The Labute approximate surface area is 77.2 Å². The fourth-order valence-corrected chi connectivity index (χ4v) is 0.859. The molecular formula is C7H6F3N3O. The summed E-state index contributed by atoms with van der Waals surface area (Å²) in [5, 5.41) is 17.1. The van der Waals surface area contributed by atoms with Crippen molar-refractivity contribution in [2.75, 3.05) is 0 Å². The molecule has 0 aliphatic heterocycles. The highest BCUT2D eigenvalue weighted by Crippen LogP contribution is 2.21. The van der Waals surface area contributed by atoms with E-state index < -0.39 is 18.8 Å². The zero-order chi connectivity index (χ0) is 10.8. The zero-order valence-electron chi connectivity index (χ0n) is 6.86. The summed E-state index contributed by atoms with van der Waals surface area (Å²) in [6.07, 6.45) is -4.77. The molecule has 1 heterocycles. The molecule has 14 heavy (non-hydrogen) atoms. The number of nitriles is 1. The van der Waals surface area contributed by atoms with Gasteiger partial charge in [0.05, 0.1) is 6.54 Å². The summed E-state index contributed by atoms with van der Waals surface area (Å²) in [5.41, 5.74) is 0. The largest absolute Gasteiger partial charge is 0.416 e. The number of rotatable bonds is 2. The van der Waals surface area contributed by atoms with Gasteiger partial charge in [-0.15, -0.1) is 0 Å². The second-order valence-corrected chi connectivity index (χ2v) is 2.57. The van der Waals surface area contributed by atoms with E-state index in [-0.39, 0.29) is 5.82 Å². The summed E-state index contributed by atoms with van der Waals surface area (Å²) in [7, 11) is 0. The van der Waals surface area contributed by atoms with E-state index in [2.05, 4.69) is 4.98 Å². The summed E-state index contributed by atoms with van der Waals surface area (Å²) >= 11 is 0. The Balaban J connectivity index is 2.75. The van der Waals surface area contributed by atoms with Gasteiger partial charge in [0.2, 0.25) is 5.82 Å². The Bertz CT molecular complexity index is 352. The summed E-state index contributed by atoms with van der Waals surface area (Å²) < 4.78 is 36.7. The van der Waals surface area contributed by atoms with Gasteiger partial charge in [0.1, 0.15) is 6.07 Å². The molecule has 0 aliphatic carbocycles. The molecule has 0 fully saturated rings. The lowest BCUT2D eigenvalue weighted by atomic mass is 10.3. The number of aromatic nitrogens is 2. The Kier molecular flexibility index (Phi) is 2.76. The van der Waals surface area contributed by atoms with Crippen LogP contribution >= 0.6 is 0 Å². The first-order valence-electron chi connectivity index (χ1n) is 3.61. The molecule has 0 amide bonds. The molecule has 7 heteroatoms. The molecule has 0 bridgehead atoms. The topological polar surface area (TPSA) is 61.8 Å². The molecular weight excluding hydrogens is 199 g/mol. The van der Waals surface area contributed by atoms with Crippen LogP contribution in [0.1, 0.15) is 5.82 Å². The van der Waals surface area contributed by atoms with Crippen LogP contribution in [0.4, 0.5) is 13.2 Å². The van der Waals surface area contributed by atoms with Gasteiger partial charge in [0, 0.05) is 12.4 Å². The first kappa shape index (κ1) is 10.5.